The molecule has 0 bridgehead atoms. The van der Waals surface area contributed by atoms with Crippen LogP contribution in [0.2, 0.25) is 0 Å². The van der Waals surface area contributed by atoms with Crippen LogP contribution in [0, 0.1) is 12.7 Å². The molecular formula is C9H8BrFN2. The van der Waals surface area contributed by atoms with E-state index in [-0.39, 0.29) is 5.82 Å². The topological polar surface area (TPSA) is 17.8 Å². The Balaban J connectivity index is 2.98. The summed E-state index contributed by atoms with van der Waals surface area (Å²) in [6, 6.07) is 3.57. The molecule has 0 saturated heterocycles. The van der Waals surface area contributed by atoms with E-state index in [2.05, 4.69) is 21.0 Å². The largest absolute Gasteiger partial charge is 0.265 e. The van der Waals surface area contributed by atoms with Gasteiger partial charge in [0.1, 0.15) is 5.52 Å². The first-order valence-electron chi connectivity index (χ1n) is 3.88. The predicted octanol–water partition coefficient (Wildman–Crippen LogP) is 2.78. The van der Waals surface area contributed by atoms with Crippen molar-refractivity contribution in [2.24, 2.45) is 7.05 Å². The Kier molecular flexibility index (Phi) is 1.87. The Morgan fingerprint density at radius 2 is 2.15 bits per heavy atom. The van der Waals surface area contributed by atoms with Gasteiger partial charge in [-0.15, -0.1) is 0 Å². The number of aromatic nitrogens is 2. The molecule has 13 heavy (non-hydrogen) atoms. The number of hydrogen-bond acceptors (Lipinski definition) is 1. The van der Waals surface area contributed by atoms with Gasteiger partial charge in [0.15, 0.2) is 5.82 Å². The first-order chi connectivity index (χ1) is 6.11. The maximum Gasteiger partial charge on any atom is 0.163 e. The Hall–Kier alpha value is -0.900. The van der Waals surface area contributed by atoms with Crippen molar-refractivity contribution < 1.29 is 4.39 Å². The molecule has 0 N–H and O–H groups in total. The second-order valence-electron chi connectivity index (χ2n) is 2.97. The maximum atomic E-state index is 13.6. The van der Waals surface area contributed by atoms with Gasteiger partial charge in [0.25, 0.3) is 0 Å². The van der Waals surface area contributed by atoms with Gasteiger partial charge in [0.05, 0.1) is 10.2 Å². The van der Waals surface area contributed by atoms with E-state index in [1.807, 2.05) is 13.0 Å². The van der Waals surface area contributed by atoms with Crippen LogP contribution in [-0.2, 0) is 7.05 Å². The Morgan fingerprint density at radius 3 is 2.85 bits per heavy atom. The monoisotopic (exact) mass is 242 g/mol. The number of benzene rings is 1. The van der Waals surface area contributed by atoms with Gasteiger partial charge in [0, 0.05) is 12.4 Å². The summed E-state index contributed by atoms with van der Waals surface area (Å²) in [5.41, 5.74) is 1.40. The summed E-state index contributed by atoms with van der Waals surface area (Å²) < 4.78 is 15.6. The fraction of sp³-hybridized carbons (Fsp3) is 0.222. The fourth-order valence-electron chi connectivity index (χ4n) is 1.48. The molecule has 0 aliphatic rings. The average Bonchev–Trinajstić information content (AvgIpc) is 2.35. The first kappa shape index (κ1) is 8.69. The molecular weight excluding hydrogens is 235 g/mol. The zero-order valence-electron chi connectivity index (χ0n) is 7.31. The van der Waals surface area contributed by atoms with Crippen LogP contribution in [0.25, 0.3) is 10.9 Å². The van der Waals surface area contributed by atoms with E-state index in [0.717, 1.165) is 11.1 Å². The molecule has 0 atom stereocenters. The second-order valence-corrected chi connectivity index (χ2v) is 3.82. The summed E-state index contributed by atoms with van der Waals surface area (Å²) in [5, 5.41) is 5.01. The number of aryl methyl sites for hydroxylation is 2. The van der Waals surface area contributed by atoms with Crippen LogP contribution in [0.1, 0.15) is 5.69 Å². The van der Waals surface area contributed by atoms with E-state index in [9.17, 15) is 4.39 Å². The maximum absolute atomic E-state index is 13.6. The second kappa shape index (κ2) is 2.80. The molecule has 0 saturated carbocycles. The normalized spacial score (nSPS) is 11.1. The minimum atomic E-state index is -0.249. The third kappa shape index (κ3) is 1.16. The standard InChI is InChI=1S/C9H8BrFN2/c1-5-6-3-4-7(10)8(11)9(6)13(2)12-5/h3-4H,1-2H3. The lowest BCUT2D eigenvalue weighted by atomic mass is 10.2. The summed E-state index contributed by atoms with van der Waals surface area (Å²) in [5.74, 6) is -0.249. The van der Waals surface area contributed by atoms with Crippen molar-refractivity contribution >= 4 is 26.8 Å². The Bertz CT molecular complexity index is 476. The molecule has 1 aromatic heterocycles. The van der Waals surface area contributed by atoms with Gasteiger partial charge in [-0.25, -0.2) is 4.39 Å². The highest BCUT2D eigenvalue weighted by Crippen LogP contribution is 2.26. The lowest BCUT2D eigenvalue weighted by molar-refractivity contribution is 0.619. The zero-order chi connectivity index (χ0) is 9.59. The molecule has 0 radical (unpaired) electrons. The highest BCUT2D eigenvalue weighted by atomic mass is 79.9. The van der Waals surface area contributed by atoms with E-state index >= 15 is 0 Å². The summed E-state index contributed by atoms with van der Waals surface area (Å²) >= 11 is 3.14. The van der Waals surface area contributed by atoms with Crippen molar-refractivity contribution in [1.82, 2.24) is 9.78 Å². The van der Waals surface area contributed by atoms with E-state index in [1.54, 1.807) is 17.8 Å². The lowest BCUT2D eigenvalue weighted by Crippen LogP contribution is -1.92. The number of rotatable bonds is 0. The molecule has 2 rings (SSSR count). The minimum Gasteiger partial charge on any atom is -0.265 e. The van der Waals surface area contributed by atoms with Crippen LogP contribution >= 0.6 is 15.9 Å². The number of nitrogens with zero attached hydrogens (tertiary/aromatic N) is 2. The van der Waals surface area contributed by atoms with Crippen LogP contribution in [0.4, 0.5) is 4.39 Å². The lowest BCUT2D eigenvalue weighted by Gasteiger charge is -1.97. The van der Waals surface area contributed by atoms with Crippen LogP contribution in [0.3, 0.4) is 0 Å². The van der Waals surface area contributed by atoms with Gasteiger partial charge in [0.2, 0.25) is 0 Å². The fourth-order valence-corrected chi connectivity index (χ4v) is 1.80. The van der Waals surface area contributed by atoms with Crippen LogP contribution in [0.5, 0.6) is 0 Å². The Labute approximate surface area is 83.5 Å². The van der Waals surface area contributed by atoms with Gasteiger partial charge in [-0.3, -0.25) is 4.68 Å². The van der Waals surface area contributed by atoms with Crippen molar-refractivity contribution in [3.63, 3.8) is 0 Å². The van der Waals surface area contributed by atoms with Gasteiger partial charge in [-0.05, 0) is 35.0 Å². The zero-order valence-corrected chi connectivity index (χ0v) is 8.89. The molecule has 0 aliphatic heterocycles. The van der Waals surface area contributed by atoms with E-state index in [0.29, 0.717) is 9.99 Å². The molecule has 1 aromatic carbocycles. The highest BCUT2D eigenvalue weighted by Gasteiger charge is 2.11. The molecule has 68 valence electrons. The summed E-state index contributed by atoms with van der Waals surface area (Å²) in [7, 11) is 1.74. The molecule has 4 heteroatoms. The molecule has 0 spiro atoms. The smallest absolute Gasteiger partial charge is 0.163 e. The first-order valence-corrected chi connectivity index (χ1v) is 4.68. The van der Waals surface area contributed by atoms with Crippen molar-refractivity contribution in [3.05, 3.63) is 28.1 Å². The Morgan fingerprint density at radius 1 is 1.46 bits per heavy atom. The summed E-state index contributed by atoms with van der Waals surface area (Å²) in [6.45, 7) is 1.87. The summed E-state index contributed by atoms with van der Waals surface area (Å²) in [4.78, 5) is 0. The average molecular weight is 243 g/mol. The highest BCUT2D eigenvalue weighted by molar-refractivity contribution is 9.10. The van der Waals surface area contributed by atoms with Crippen molar-refractivity contribution in [2.45, 2.75) is 6.92 Å². The van der Waals surface area contributed by atoms with Crippen LogP contribution in [0.15, 0.2) is 16.6 Å². The van der Waals surface area contributed by atoms with Crippen molar-refractivity contribution in [3.8, 4) is 0 Å². The van der Waals surface area contributed by atoms with Gasteiger partial charge in [-0.1, -0.05) is 0 Å². The minimum absolute atomic E-state index is 0.249. The van der Waals surface area contributed by atoms with Crippen LogP contribution < -0.4 is 0 Å². The van der Waals surface area contributed by atoms with Gasteiger partial charge in [-0.2, -0.15) is 5.10 Å². The van der Waals surface area contributed by atoms with Gasteiger partial charge < -0.3 is 0 Å². The van der Waals surface area contributed by atoms with Crippen LogP contribution in [-0.4, -0.2) is 9.78 Å². The molecule has 0 unspecified atom stereocenters. The van der Waals surface area contributed by atoms with E-state index in [1.165, 1.54) is 0 Å². The SMILES string of the molecule is Cc1nn(C)c2c(F)c(Br)ccc12. The molecule has 0 aliphatic carbocycles. The quantitative estimate of drug-likeness (QED) is 0.695. The molecule has 2 nitrogen and oxygen atoms in total. The molecule has 0 fully saturated rings. The molecule has 2 aromatic rings. The van der Waals surface area contributed by atoms with Gasteiger partial charge >= 0.3 is 0 Å². The van der Waals surface area contributed by atoms with E-state index in [4.69, 9.17) is 0 Å². The number of fused-ring (bicyclic) bond motifs is 1. The molecule has 0 amide bonds. The predicted molar refractivity (Wildman–Crippen MR) is 53.1 cm³/mol. The van der Waals surface area contributed by atoms with E-state index < -0.39 is 0 Å². The summed E-state index contributed by atoms with van der Waals surface area (Å²) in [6.07, 6.45) is 0. The number of hydrogen-bond donors (Lipinski definition) is 0. The third-order valence-corrected chi connectivity index (χ3v) is 2.69. The third-order valence-electron chi connectivity index (χ3n) is 2.08. The molecule has 1 heterocycles. The number of halogens is 2. The van der Waals surface area contributed by atoms with Crippen molar-refractivity contribution in [1.29, 1.82) is 0 Å². The van der Waals surface area contributed by atoms with Crippen molar-refractivity contribution in [2.75, 3.05) is 0 Å².